The molecule has 0 atom stereocenters. The van der Waals surface area contributed by atoms with Gasteiger partial charge in [0.25, 0.3) is 0 Å². The van der Waals surface area contributed by atoms with Crippen LogP contribution in [0.2, 0.25) is 0 Å². The predicted octanol–water partition coefficient (Wildman–Crippen LogP) is 0.376. The van der Waals surface area contributed by atoms with Crippen molar-refractivity contribution in [2.45, 2.75) is 25.4 Å². The fourth-order valence-electron chi connectivity index (χ4n) is 1.47. The van der Waals surface area contributed by atoms with E-state index in [0.717, 1.165) is 12.8 Å². The summed E-state index contributed by atoms with van der Waals surface area (Å²) in [6.07, 6.45) is 5.37. The van der Waals surface area contributed by atoms with Crippen LogP contribution in [-0.4, -0.2) is 33.4 Å². The first-order valence-corrected chi connectivity index (χ1v) is 4.89. The Morgan fingerprint density at radius 1 is 1.80 bits per heavy atom. The number of likely N-dealkylation sites (N-methyl/N-ethyl adjacent to an activating group) is 1. The highest BCUT2D eigenvalue weighted by Crippen LogP contribution is 2.25. The second kappa shape index (κ2) is 3.73. The molecule has 1 fully saturated rings. The lowest BCUT2D eigenvalue weighted by molar-refractivity contribution is -0.131. The van der Waals surface area contributed by atoms with Crippen molar-refractivity contribution in [2.24, 2.45) is 0 Å². The van der Waals surface area contributed by atoms with Crippen LogP contribution in [0.4, 0.5) is 0 Å². The lowest BCUT2D eigenvalue weighted by Gasteiger charge is -2.16. The number of hydrogen-bond donors (Lipinski definition) is 0. The molecule has 5 nitrogen and oxygen atoms in total. The number of carbonyl (C=O) groups excluding carboxylic acids is 1. The number of nitrogens with zero attached hydrogens (tertiary/aromatic N) is 4. The van der Waals surface area contributed by atoms with E-state index in [0.29, 0.717) is 6.04 Å². The van der Waals surface area contributed by atoms with Crippen molar-refractivity contribution in [3.05, 3.63) is 18.2 Å². The maximum Gasteiger partial charge on any atom is 0.242 e. The molecule has 1 aliphatic carbocycles. The molecule has 1 heterocycles. The molecule has 1 aromatic rings. The first-order chi connectivity index (χ1) is 7.22. The van der Waals surface area contributed by atoms with E-state index in [1.54, 1.807) is 15.7 Å². The van der Waals surface area contributed by atoms with Crippen molar-refractivity contribution >= 4 is 5.91 Å². The lowest BCUT2D eigenvalue weighted by Crippen LogP contribution is -2.32. The minimum Gasteiger partial charge on any atom is -0.341 e. The van der Waals surface area contributed by atoms with Crippen molar-refractivity contribution in [3.8, 4) is 6.07 Å². The Hall–Kier alpha value is -1.83. The van der Waals surface area contributed by atoms with E-state index in [-0.39, 0.29) is 18.3 Å². The second-order valence-electron chi connectivity index (χ2n) is 3.73. The Kier molecular flexibility index (Phi) is 2.42. The molecule has 0 spiro atoms. The third-order valence-corrected chi connectivity index (χ3v) is 2.61. The van der Waals surface area contributed by atoms with Gasteiger partial charge in [-0.3, -0.25) is 4.79 Å². The van der Waals surface area contributed by atoms with E-state index < -0.39 is 0 Å². The number of amides is 1. The number of rotatable bonds is 3. The van der Waals surface area contributed by atoms with Gasteiger partial charge in [0, 0.05) is 25.5 Å². The summed E-state index contributed by atoms with van der Waals surface area (Å²) in [6, 6.07) is 2.35. The standard InChI is InChI=1S/C10H12N4O/c1-13(8-2-3-8)10(15)7-14-5-4-12-9(14)6-11/h4-5,8H,2-3,7H2,1H3. The maximum atomic E-state index is 11.7. The zero-order chi connectivity index (χ0) is 10.8. The molecular formula is C10H12N4O. The van der Waals surface area contributed by atoms with Crippen molar-refractivity contribution in [1.82, 2.24) is 14.5 Å². The van der Waals surface area contributed by atoms with Gasteiger partial charge in [0.2, 0.25) is 11.7 Å². The second-order valence-corrected chi connectivity index (χ2v) is 3.73. The van der Waals surface area contributed by atoms with Crippen LogP contribution >= 0.6 is 0 Å². The van der Waals surface area contributed by atoms with Gasteiger partial charge >= 0.3 is 0 Å². The Morgan fingerprint density at radius 2 is 2.53 bits per heavy atom. The van der Waals surface area contributed by atoms with E-state index >= 15 is 0 Å². The highest BCUT2D eigenvalue weighted by atomic mass is 16.2. The summed E-state index contributed by atoms with van der Waals surface area (Å²) >= 11 is 0. The summed E-state index contributed by atoms with van der Waals surface area (Å²) in [7, 11) is 1.81. The number of hydrogen-bond acceptors (Lipinski definition) is 3. The van der Waals surface area contributed by atoms with Crippen molar-refractivity contribution in [3.63, 3.8) is 0 Å². The zero-order valence-electron chi connectivity index (χ0n) is 8.55. The molecule has 0 saturated heterocycles. The van der Waals surface area contributed by atoms with Gasteiger partial charge in [-0.1, -0.05) is 0 Å². The summed E-state index contributed by atoms with van der Waals surface area (Å²) in [5.74, 6) is 0.319. The molecule has 78 valence electrons. The van der Waals surface area contributed by atoms with Crippen LogP contribution in [0.3, 0.4) is 0 Å². The van der Waals surface area contributed by atoms with Gasteiger partial charge in [-0.2, -0.15) is 5.26 Å². The molecule has 0 bridgehead atoms. The van der Waals surface area contributed by atoms with Crippen LogP contribution in [0, 0.1) is 11.3 Å². The molecule has 1 aliphatic rings. The van der Waals surface area contributed by atoms with E-state index in [9.17, 15) is 4.79 Å². The molecular weight excluding hydrogens is 192 g/mol. The Labute approximate surface area is 87.9 Å². The minimum atomic E-state index is 0.0343. The van der Waals surface area contributed by atoms with Gasteiger partial charge in [0.05, 0.1) is 0 Å². The largest absolute Gasteiger partial charge is 0.341 e. The van der Waals surface area contributed by atoms with Crippen molar-refractivity contribution in [1.29, 1.82) is 5.26 Å². The van der Waals surface area contributed by atoms with Gasteiger partial charge in [-0.15, -0.1) is 0 Å². The SMILES string of the molecule is CN(C(=O)Cn1ccnc1C#N)C1CC1. The molecule has 0 radical (unpaired) electrons. The van der Waals surface area contributed by atoms with Crippen LogP contribution in [0.1, 0.15) is 18.7 Å². The van der Waals surface area contributed by atoms with E-state index in [2.05, 4.69) is 4.98 Å². The summed E-state index contributed by atoms with van der Waals surface area (Å²) in [4.78, 5) is 17.3. The molecule has 0 aromatic carbocycles. The van der Waals surface area contributed by atoms with Gasteiger partial charge in [-0.05, 0) is 12.8 Å². The van der Waals surface area contributed by atoms with Crippen LogP contribution in [-0.2, 0) is 11.3 Å². The fraction of sp³-hybridized carbons (Fsp3) is 0.500. The van der Waals surface area contributed by atoms with Crippen LogP contribution in [0.15, 0.2) is 12.4 Å². The maximum absolute atomic E-state index is 11.7. The first kappa shape index (κ1) is 9.71. The lowest BCUT2D eigenvalue weighted by atomic mass is 10.4. The molecule has 1 aromatic heterocycles. The number of aromatic nitrogens is 2. The summed E-state index contributed by atoms with van der Waals surface area (Å²) in [5, 5.41) is 8.72. The van der Waals surface area contributed by atoms with Gasteiger partial charge < -0.3 is 9.47 Å². The van der Waals surface area contributed by atoms with E-state index in [4.69, 9.17) is 5.26 Å². The van der Waals surface area contributed by atoms with Crippen LogP contribution in [0.25, 0.3) is 0 Å². The minimum absolute atomic E-state index is 0.0343. The molecule has 1 saturated carbocycles. The fourth-order valence-corrected chi connectivity index (χ4v) is 1.47. The average molecular weight is 204 g/mol. The Bertz CT molecular complexity index is 413. The molecule has 2 rings (SSSR count). The van der Waals surface area contributed by atoms with Crippen molar-refractivity contribution in [2.75, 3.05) is 7.05 Å². The van der Waals surface area contributed by atoms with Gasteiger partial charge in [0.1, 0.15) is 12.6 Å². The Morgan fingerprint density at radius 3 is 3.13 bits per heavy atom. The first-order valence-electron chi connectivity index (χ1n) is 4.89. The number of imidazole rings is 1. The number of carbonyl (C=O) groups is 1. The summed E-state index contributed by atoms with van der Waals surface area (Å²) in [6.45, 7) is 0.204. The zero-order valence-corrected chi connectivity index (χ0v) is 8.55. The van der Waals surface area contributed by atoms with Crippen molar-refractivity contribution < 1.29 is 4.79 Å². The van der Waals surface area contributed by atoms with E-state index in [1.807, 2.05) is 13.1 Å². The number of nitriles is 1. The highest BCUT2D eigenvalue weighted by Gasteiger charge is 2.29. The van der Waals surface area contributed by atoms with Gasteiger partial charge in [0.15, 0.2) is 0 Å². The molecule has 0 N–H and O–H groups in total. The summed E-state index contributed by atoms with van der Waals surface area (Å²) in [5.41, 5.74) is 0. The average Bonchev–Trinajstić information content (AvgIpc) is 2.99. The Balaban J connectivity index is 2.02. The normalized spacial score (nSPS) is 14.7. The monoisotopic (exact) mass is 204 g/mol. The van der Waals surface area contributed by atoms with E-state index in [1.165, 1.54) is 6.20 Å². The molecule has 0 unspecified atom stereocenters. The molecule has 15 heavy (non-hydrogen) atoms. The smallest absolute Gasteiger partial charge is 0.242 e. The third-order valence-electron chi connectivity index (χ3n) is 2.61. The highest BCUT2D eigenvalue weighted by molar-refractivity contribution is 5.76. The molecule has 0 aliphatic heterocycles. The van der Waals surface area contributed by atoms with Crippen LogP contribution in [0.5, 0.6) is 0 Å². The van der Waals surface area contributed by atoms with Gasteiger partial charge in [-0.25, -0.2) is 4.98 Å². The summed E-state index contributed by atoms with van der Waals surface area (Å²) < 4.78 is 1.57. The molecule has 1 amide bonds. The molecule has 5 heteroatoms. The third kappa shape index (κ3) is 1.99. The quantitative estimate of drug-likeness (QED) is 0.714. The van der Waals surface area contributed by atoms with Crippen LogP contribution < -0.4 is 0 Å². The predicted molar refractivity (Wildman–Crippen MR) is 52.7 cm³/mol. The topological polar surface area (TPSA) is 61.9 Å².